The Morgan fingerprint density at radius 2 is 1.41 bits per heavy atom. The smallest absolute Gasteiger partial charge is 0.422 e. The van der Waals surface area contributed by atoms with Crippen molar-refractivity contribution in [2.24, 2.45) is 12.8 Å². The van der Waals surface area contributed by atoms with Crippen LogP contribution < -0.4 is 15.2 Å². The van der Waals surface area contributed by atoms with Crippen molar-refractivity contribution >= 4 is 37.7 Å². The normalized spacial score (nSPS) is 13.5. The summed E-state index contributed by atoms with van der Waals surface area (Å²) < 4.78 is 81.0. The molecule has 3 N–H and O–H groups in total. The Kier molecular flexibility index (Phi) is 16.6. The maximum absolute atomic E-state index is 13.6. The summed E-state index contributed by atoms with van der Waals surface area (Å²) in [4.78, 5) is 22.1. The lowest BCUT2D eigenvalue weighted by atomic mass is 10.1. The van der Waals surface area contributed by atoms with E-state index in [1.807, 2.05) is 59.1 Å². The number of benzene rings is 4. The Labute approximate surface area is 367 Å². The van der Waals surface area contributed by atoms with Crippen molar-refractivity contribution in [2.45, 2.75) is 75.4 Å². The van der Waals surface area contributed by atoms with E-state index in [0.717, 1.165) is 47.7 Å². The number of nitrogens with two attached hydrogens (primary N) is 1. The number of hydrogen-bond acceptors (Lipinski definition) is 8. The molecule has 1 amide bonds. The molecule has 15 heteroatoms. The van der Waals surface area contributed by atoms with Crippen molar-refractivity contribution in [3.63, 3.8) is 0 Å². The summed E-state index contributed by atoms with van der Waals surface area (Å²) in [5.41, 5.74) is 9.26. The molecule has 3 heterocycles. The number of rotatable bonds is 18. The minimum absolute atomic E-state index is 0.0215. The summed E-state index contributed by atoms with van der Waals surface area (Å²) in [6.45, 7) is 2.69. The van der Waals surface area contributed by atoms with Gasteiger partial charge in [0.2, 0.25) is 5.88 Å². The van der Waals surface area contributed by atoms with Gasteiger partial charge in [0.25, 0.3) is 16.0 Å². The fourth-order valence-electron chi connectivity index (χ4n) is 7.66. The van der Waals surface area contributed by atoms with Crippen molar-refractivity contribution < 1.29 is 40.4 Å². The number of carbonyl (C=O) groups excluding carboxylic acids is 1. The molecule has 0 aliphatic carbocycles. The summed E-state index contributed by atoms with van der Waals surface area (Å²) >= 11 is 0. The lowest BCUT2D eigenvalue weighted by Gasteiger charge is -2.34. The Hall–Kier alpha value is -5.48. The highest BCUT2D eigenvalue weighted by Gasteiger charge is 2.28. The third-order valence-electron chi connectivity index (χ3n) is 11.1. The molecule has 6 aromatic rings. The molecule has 0 spiro atoms. The molecule has 63 heavy (non-hydrogen) atoms. The van der Waals surface area contributed by atoms with Gasteiger partial charge in [-0.3, -0.25) is 14.2 Å². The first kappa shape index (κ1) is 47.0. The van der Waals surface area contributed by atoms with Crippen molar-refractivity contribution in [2.75, 3.05) is 39.3 Å². The topological polar surface area (TPSA) is 140 Å². The number of aromatic nitrogens is 2. The van der Waals surface area contributed by atoms with Crippen molar-refractivity contribution in [3.05, 3.63) is 126 Å². The molecule has 2 aromatic heterocycles. The molecule has 0 saturated carbocycles. The van der Waals surface area contributed by atoms with Gasteiger partial charge in [-0.2, -0.15) is 21.6 Å². The number of pyridine rings is 1. The van der Waals surface area contributed by atoms with Gasteiger partial charge in [0, 0.05) is 68.9 Å². The maximum Gasteiger partial charge on any atom is 0.422 e. The van der Waals surface area contributed by atoms with Crippen LogP contribution in [-0.2, 0) is 30.1 Å². The molecule has 0 atom stereocenters. The van der Waals surface area contributed by atoms with E-state index in [0.29, 0.717) is 55.4 Å². The lowest BCUT2D eigenvalue weighted by molar-refractivity contribution is -0.153. The molecular weight excluding hydrogens is 832 g/mol. The van der Waals surface area contributed by atoms with Crippen LogP contribution in [0, 0.1) is 0 Å². The molecule has 0 radical (unpaired) electrons. The first-order chi connectivity index (χ1) is 30.3. The van der Waals surface area contributed by atoms with Gasteiger partial charge in [-0.1, -0.05) is 93.1 Å². The number of alkyl halides is 3. The zero-order valence-electron chi connectivity index (χ0n) is 35.6. The highest BCUT2D eigenvalue weighted by atomic mass is 32.2. The lowest BCUT2D eigenvalue weighted by Crippen LogP contribution is -2.48. The Bertz CT molecular complexity index is 2500. The summed E-state index contributed by atoms with van der Waals surface area (Å²) in [7, 11) is -2.23. The van der Waals surface area contributed by atoms with E-state index < -0.39 is 22.9 Å². The largest absolute Gasteiger partial charge is 0.484 e. The van der Waals surface area contributed by atoms with E-state index in [1.165, 1.54) is 50.2 Å². The number of fused-ring (bicyclic) bond motifs is 2. The fourth-order valence-corrected chi connectivity index (χ4v) is 8.37. The number of halogens is 3. The zero-order valence-corrected chi connectivity index (χ0v) is 36.4. The zero-order chi connectivity index (χ0) is 44.8. The van der Waals surface area contributed by atoms with Gasteiger partial charge in [0.1, 0.15) is 22.1 Å². The summed E-state index contributed by atoms with van der Waals surface area (Å²) in [5, 5.41) is 2.29. The van der Waals surface area contributed by atoms with Crippen LogP contribution in [0.25, 0.3) is 21.7 Å². The van der Waals surface area contributed by atoms with Crippen molar-refractivity contribution in [3.8, 4) is 17.4 Å². The number of amides is 1. The predicted molar refractivity (Wildman–Crippen MR) is 240 cm³/mol. The average Bonchev–Trinajstić information content (AvgIpc) is 3.60. The second-order valence-electron chi connectivity index (χ2n) is 15.9. The summed E-state index contributed by atoms with van der Waals surface area (Å²) in [5.74, 6) is 1.36. The summed E-state index contributed by atoms with van der Waals surface area (Å²) in [6.07, 6.45) is 8.49. The fraction of sp³-hybridized carbons (Fsp3) is 0.375. The predicted octanol–water partition coefficient (Wildman–Crippen LogP) is 9.97. The molecule has 1 fully saturated rings. The second-order valence-corrected chi connectivity index (χ2v) is 17.2. The van der Waals surface area contributed by atoms with Crippen LogP contribution in [-0.4, -0.2) is 83.7 Å². The van der Waals surface area contributed by atoms with Gasteiger partial charge in [-0.25, -0.2) is 4.98 Å². The number of ether oxygens (including phenoxy) is 2. The molecule has 11 nitrogen and oxygen atoms in total. The molecule has 1 saturated heterocycles. The van der Waals surface area contributed by atoms with Gasteiger partial charge in [0.05, 0.1) is 5.52 Å². The second kappa shape index (κ2) is 22.2. The van der Waals surface area contributed by atoms with Crippen LogP contribution in [0.5, 0.6) is 17.4 Å². The number of piperazine rings is 1. The van der Waals surface area contributed by atoms with Crippen LogP contribution >= 0.6 is 0 Å². The van der Waals surface area contributed by atoms with Crippen molar-refractivity contribution in [1.82, 2.24) is 19.4 Å². The number of carbonyl (C=O) groups is 1. The van der Waals surface area contributed by atoms with Gasteiger partial charge in [-0.05, 0) is 78.7 Å². The van der Waals surface area contributed by atoms with Crippen molar-refractivity contribution in [1.29, 1.82) is 0 Å². The molecular formula is C48H56F3N5O6S. The quantitative estimate of drug-likeness (QED) is 0.0638. The van der Waals surface area contributed by atoms with E-state index in [-0.39, 0.29) is 16.6 Å². The molecule has 1 aliphatic heterocycles. The van der Waals surface area contributed by atoms with E-state index in [4.69, 9.17) is 19.8 Å². The monoisotopic (exact) mass is 887 g/mol. The third kappa shape index (κ3) is 14.0. The number of aryl methyl sites for hydroxylation is 2. The van der Waals surface area contributed by atoms with Crippen LogP contribution in [0.3, 0.4) is 0 Å². The average molecular weight is 888 g/mol. The molecule has 1 aliphatic rings. The molecule has 0 bridgehead atoms. The summed E-state index contributed by atoms with van der Waals surface area (Å²) in [6, 6.07) is 30.2. The number of nitrogens with zero attached hydrogens (tertiary/aromatic N) is 4. The first-order valence-electron chi connectivity index (χ1n) is 21.4. The SMILES string of the molecule is Cn1c(C(=O)N2CCN(Cc3ccc(OCC(F)(F)F)cc3)CC2)cc2ccc(Oc3ccc(CCCCCCCCCCN)cn3)cc21.O=S(=O)(O)c1cccc2ccccc12. The Balaban J connectivity index is 0.000000397. The maximum atomic E-state index is 13.6. The highest BCUT2D eigenvalue weighted by Crippen LogP contribution is 2.28. The molecule has 0 unspecified atom stereocenters. The standard InChI is InChI=1S/C38H48F3N5O3.C10H8O3S/c1-44-34-25-33(49-36-18-13-29(26-43-36)10-8-6-4-2-3-5-7-9-19-42)17-14-31(34)24-35(44)37(47)46-22-20-45(21-23-46)27-30-11-15-32(16-12-30)48-28-38(39,40)41;11-14(12,13)10-7-3-5-8-4-1-2-6-9(8)10/h11-18,24-26H,2-10,19-23,27-28,42H2,1H3;1-7H,(H,11,12,13). The first-order valence-corrected chi connectivity index (χ1v) is 22.9. The van der Waals surface area contributed by atoms with Crippen LogP contribution in [0.2, 0.25) is 0 Å². The van der Waals surface area contributed by atoms with E-state index in [2.05, 4.69) is 16.0 Å². The van der Waals surface area contributed by atoms with Gasteiger partial charge in [-0.15, -0.1) is 0 Å². The van der Waals surface area contributed by atoms with Crippen LogP contribution in [0.15, 0.2) is 114 Å². The third-order valence-corrected chi connectivity index (χ3v) is 12.0. The minimum Gasteiger partial charge on any atom is -0.484 e. The van der Waals surface area contributed by atoms with E-state index >= 15 is 0 Å². The van der Waals surface area contributed by atoms with Gasteiger partial charge >= 0.3 is 6.18 Å². The van der Waals surface area contributed by atoms with E-state index in [9.17, 15) is 26.4 Å². The molecule has 336 valence electrons. The minimum atomic E-state index is -4.37. The van der Waals surface area contributed by atoms with Gasteiger partial charge in [0.15, 0.2) is 6.61 Å². The number of hydrogen-bond donors (Lipinski definition) is 2. The van der Waals surface area contributed by atoms with Gasteiger partial charge < -0.3 is 24.7 Å². The van der Waals surface area contributed by atoms with Crippen LogP contribution in [0.4, 0.5) is 13.2 Å². The molecule has 7 rings (SSSR count). The Morgan fingerprint density at radius 3 is 2.08 bits per heavy atom. The Morgan fingerprint density at radius 1 is 0.762 bits per heavy atom. The van der Waals surface area contributed by atoms with Crippen LogP contribution in [0.1, 0.15) is 73.0 Å². The van der Waals surface area contributed by atoms with E-state index in [1.54, 1.807) is 54.6 Å². The highest BCUT2D eigenvalue weighted by molar-refractivity contribution is 7.86. The molecule has 4 aromatic carbocycles. The number of unbranched alkanes of at least 4 members (excludes halogenated alkanes) is 7.